The smallest absolute Gasteiger partial charge is 0.328 e. The van der Waals surface area contributed by atoms with Gasteiger partial charge in [-0.2, -0.15) is 0 Å². The minimum Gasteiger partial charge on any atom is -0.430 e. The van der Waals surface area contributed by atoms with E-state index < -0.39 is 16.1 Å². The summed E-state index contributed by atoms with van der Waals surface area (Å²) in [7, 11) is 0. The number of aromatic nitrogens is 1. The molecule has 0 aliphatic heterocycles. The molecule has 2 aromatic rings. The van der Waals surface area contributed by atoms with Gasteiger partial charge in [0.1, 0.15) is 6.54 Å². The van der Waals surface area contributed by atoms with Gasteiger partial charge in [0.2, 0.25) is 0 Å². The number of halogens is 3. The normalized spacial score (nSPS) is 17.3. The Morgan fingerprint density at radius 2 is 1.92 bits per heavy atom. The number of carbonyl (C=O) groups excluding carboxylic acids is 1. The summed E-state index contributed by atoms with van der Waals surface area (Å²) < 4.78 is 11.3. The number of rotatable bonds is 5. The first-order chi connectivity index (χ1) is 12.3. The molecule has 0 bridgehead atoms. The van der Waals surface area contributed by atoms with Crippen LogP contribution in [-0.2, 0) is 20.8 Å². The van der Waals surface area contributed by atoms with Crippen LogP contribution in [0.25, 0.3) is 10.2 Å². The van der Waals surface area contributed by atoms with Gasteiger partial charge in [-0.1, -0.05) is 77.5 Å². The molecule has 9 heteroatoms. The van der Waals surface area contributed by atoms with Crippen molar-refractivity contribution < 1.29 is 14.3 Å². The lowest BCUT2D eigenvalue weighted by atomic mass is 9.98. The first-order valence-electron chi connectivity index (χ1n) is 8.34. The van der Waals surface area contributed by atoms with Crippen LogP contribution >= 0.6 is 46.1 Å². The standard InChI is InChI=1S/C17H18Cl3NO4S/c18-17(19,20)15(24-11-6-2-1-3-7-11)25-14(22)10-21-12-8-4-5-9-13(12)26-16(21)23/h4-5,8-9,11,15H,1-3,6-7,10H2. The first kappa shape index (κ1) is 20.0. The summed E-state index contributed by atoms with van der Waals surface area (Å²) in [5, 5.41) is 0. The molecule has 142 valence electrons. The number of hydrogen-bond acceptors (Lipinski definition) is 5. The number of hydrogen-bond donors (Lipinski definition) is 0. The van der Waals surface area contributed by atoms with Gasteiger partial charge in [-0.15, -0.1) is 0 Å². The number of nitrogens with zero attached hydrogens (tertiary/aromatic N) is 1. The maximum atomic E-state index is 12.4. The number of benzene rings is 1. The van der Waals surface area contributed by atoms with Gasteiger partial charge in [0, 0.05) is 0 Å². The van der Waals surface area contributed by atoms with Crippen molar-refractivity contribution in [2.24, 2.45) is 0 Å². The van der Waals surface area contributed by atoms with Crippen molar-refractivity contribution in [3.8, 4) is 0 Å². The largest absolute Gasteiger partial charge is 0.430 e. The van der Waals surface area contributed by atoms with Crippen molar-refractivity contribution >= 4 is 62.3 Å². The van der Waals surface area contributed by atoms with Crippen LogP contribution in [0, 0.1) is 0 Å². The highest BCUT2D eigenvalue weighted by molar-refractivity contribution is 7.16. The summed E-state index contributed by atoms with van der Waals surface area (Å²) in [6.45, 7) is -0.270. The second-order valence-electron chi connectivity index (χ2n) is 6.18. The number of ether oxygens (including phenoxy) is 2. The number of carbonyl (C=O) groups is 1. The molecule has 1 atom stereocenters. The fourth-order valence-electron chi connectivity index (χ4n) is 3.00. The molecule has 0 N–H and O–H groups in total. The molecular weight excluding hydrogens is 421 g/mol. The first-order valence-corrected chi connectivity index (χ1v) is 10.3. The molecular formula is C17H18Cl3NO4S. The monoisotopic (exact) mass is 437 g/mol. The molecule has 1 aliphatic rings. The lowest BCUT2D eigenvalue weighted by molar-refractivity contribution is -0.192. The van der Waals surface area contributed by atoms with Gasteiger partial charge in [-0.3, -0.25) is 14.2 Å². The van der Waals surface area contributed by atoms with Crippen molar-refractivity contribution in [2.45, 2.75) is 54.8 Å². The molecule has 1 aromatic carbocycles. The van der Waals surface area contributed by atoms with Gasteiger partial charge in [0.25, 0.3) is 10.1 Å². The molecule has 1 fully saturated rings. The fraction of sp³-hybridized carbons (Fsp3) is 0.529. The van der Waals surface area contributed by atoms with E-state index in [0.717, 1.165) is 48.1 Å². The maximum Gasteiger partial charge on any atom is 0.328 e. The Balaban J connectivity index is 1.71. The summed E-state index contributed by atoms with van der Waals surface area (Å²) in [6.07, 6.45) is 3.45. The highest BCUT2D eigenvalue weighted by atomic mass is 35.6. The third-order valence-corrected chi connectivity index (χ3v) is 5.73. The highest BCUT2D eigenvalue weighted by Gasteiger charge is 2.39. The van der Waals surface area contributed by atoms with Gasteiger partial charge in [0.15, 0.2) is 0 Å². The van der Waals surface area contributed by atoms with E-state index in [1.54, 1.807) is 12.1 Å². The minimum atomic E-state index is -1.91. The zero-order chi connectivity index (χ0) is 18.7. The van der Waals surface area contributed by atoms with E-state index in [1.807, 2.05) is 12.1 Å². The molecule has 26 heavy (non-hydrogen) atoms. The second-order valence-corrected chi connectivity index (χ2v) is 9.54. The van der Waals surface area contributed by atoms with Crippen molar-refractivity contribution in [3.63, 3.8) is 0 Å². The van der Waals surface area contributed by atoms with Crippen LogP contribution in [0.3, 0.4) is 0 Å². The van der Waals surface area contributed by atoms with Crippen LogP contribution in [0.1, 0.15) is 32.1 Å². The number of fused-ring (bicyclic) bond motifs is 1. The highest BCUT2D eigenvalue weighted by Crippen LogP contribution is 2.35. The van der Waals surface area contributed by atoms with Crippen LogP contribution in [-0.4, -0.2) is 26.7 Å². The molecule has 1 unspecified atom stereocenters. The topological polar surface area (TPSA) is 57.5 Å². The molecule has 0 amide bonds. The van der Waals surface area contributed by atoms with E-state index in [-0.39, 0.29) is 17.5 Å². The lowest BCUT2D eigenvalue weighted by Gasteiger charge is -2.30. The lowest BCUT2D eigenvalue weighted by Crippen LogP contribution is -2.39. The van der Waals surface area contributed by atoms with Crippen LogP contribution in [0.4, 0.5) is 0 Å². The SMILES string of the molecule is O=C(Cn1c(=O)sc2ccccc21)OC(OC1CCCCC1)C(Cl)(Cl)Cl. The molecule has 0 spiro atoms. The number of alkyl halides is 3. The van der Waals surface area contributed by atoms with E-state index in [4.69, 9.17) is 44.3 Å². The maximum absolute atomic E-state index is 12.4. The predicted octanol–water partition coefficient (Wildman–Crippen LogP) is 4.65. The van der Waals surface area contributed by atoms with Gasteiger partial charge in [0.05, 0.1) is 16.3 Å². The quantitative estimate of drug-likeness (QED) is 0.387. The van der Waals surface area contributed by atoms with Crippen LogP contribution < -0.4 is 4.87 Å². The molecule has 1 saturated carbocycles. The zero-order valence-electron chi connectivity index (χ0n) is 13.8. The average Bonchev–Trinajstić information content (AvgIpc) is 2.90. The van der Waals surface area contributed by atoms with Crippen LogP contribution in [0.2, 0.25) is 0 Å². The summed E-state index contributed by atoms with van der Waals surface area (Å²) in [5.74, 6) is -0.692. The van der Waals surface area contributed by atoms with Gasteiger partial charge >= 0.3 is 10.8 Å². The summed E-state index contributed by atoms with van der Waals surface area (Å²) in [6, 6.07) is 7.22. The van der Waals surface area contributed by atoms with E-state index >= 15 is 0 Å². The Hall–Kier alpha value is -0.790. The molecule has 0 radical (unpaired) electrons. The van der Waals surface area contributed by atoms with E-state index in [0.29, 0.717) is 5.52 Å². The number of para-hydroxylation sites is 1. The third-order valence-electron chi connectivity index (χ3n) is 4.23. The van der Waals surface area contributed by atoms with E-state index in [9.17, 15) is 9.59 Å². The summed E-state index contributed by atoms with van der Waals surface area (Å²) >= 11 is 18.9. The zero-order valence-corrected chi connectivity index (χ0v) is 16.9. The average molecular weight is 439 g/mol. The van der Waals surface area contributed by atoms with Crippen molar-refractivity contribution in [3.05, 3.63) is 33.9 Å². The Morgan fingerprint density at radius 3 is 2.62 bits per heavy atom. The Bertz CT molecular complexity index is 823. The number of esters is 1. The molecule has 1 heterocycles. The molecule has 5 nitrogen and oxygen atoms in total. The van der Waals surface area contributed by atoms with E-state index in [1.165, 1.54) is 4.57 Å². The van der Waals surface area contributed by atoms with Gasteiger partial charge in [-0.25, -0.2) is 0 Å². The van der Waals surface area contributed by atoms with Gasteiger partial charge < -0.3 is 9.47 Å². The van der Waals surface area contributed by atoms with Crippen molar-refractivity contribution in [1.29, 1.82) is 0 Å². The minimum absolute atomic E-state index is 0.109. The third kappa shape index (κ3) is 4.93. The summed E-state index contributed by atoms with van der Waals surface area (Å²) in [5.41, 5.74) is 0.665. The fourth-order valence-corrected chi connectivity index (χ4v) is 4.18. The van der Waals surface area contributed by atoms with E-state index in [2.05, 4.69) is 0 Å². The van der Waals surface area contributed by atoms with Crippen molar-refractivity contribution in [1.82, 2.24) is 4.57 Å². The molecule has 1 aromatic heterocycles. The molecule has 1 aliphatic carbocycles. The van der Waals surface area contributed by atoms with Crippen LogP contribution in [0.15, 0.2) is 29.1 Å². The Labute approximate surface area is 169 Å². The molecule has 3 rings (SSSR count). The number of thiazole rings is 1. The Morgan fingerprint density at radius 1 is 1.23 bits per heavy atom. The van der Waals surface area contributed by atoms with Crippen molar-refractivity contribution in [2.75, 3.05) is 0 Å². The summed E-state index contributed by atoms with van der Waals surface area (Å²) in [4.78, 5) is 24.3. The van der Waals surface area contributed by atoms with Crippen LogP contribution in [0.5, 0.6) is 0 Å². The van der Waals surface area contributed by atoms with Gasteiger partial charge in [-0.05, 0) is 25.0 Å². The second kappa shape index (κ2) is 8.48. The Kier molecular flexibility index (Phi) is 6.51. The molecule has 0 saturated heterocycles. The predicted molar refractivity (Wildman–Crippen MR) is 104 cm³/mol.